The monoisotopic (exact) mass is 292 g/mol. The summed E-state index contributed by atoms with van der Waals surface area (Å²) < 4.78 is 0. The van der Waals surface area contributed by atoms with Crippen molar-refractivity contribution in [1.29, 1.82) is 0 Å². The first-order valence-corrected chi connectivity index (χ1v) is 8.74. The fourth-order valence-corrected chi connectivity index (χ4v) is 4.19. The van der Waals surface area contributed by atoms with Crippen molar-refractivity contribution >= 4 is 22.8 Å². The predicted octanol–water partition coefficient (Wildman–Crippen LogP) is 5.80. The van der Waals surface area contributed by atoms with Crippen LogP contribution in [0.5, 0.6) is 0 Å². The normalized spacial score (nSPS) is 22.8. The number of pyridine rings is 1. The minimum Gasteiger partial charge on any atom is -0.260 e. The molecule has 0 saturated heterocycles. The first-order valence-electron chi connectivity index (χ1n) is 8.74. The van der Waals surface area contributed by atoms with E-state index in [0.29, 0.717) is 11.8 Å². The third-order valence-electron chi connectivity index (χ3n) is 5.31. The Balaban J connectivity index is 1.89. The molecule has 2 aromatic rings. The zero-order chi connectivity index (χ0) is 15.1. The van der Waals surface area contributed by atoms with E-state index in [2.05, 4.69) is 38.3 Å². The molecule has 1 saturated carbocycles. The van der Waals surface area contributed by atoms with Gasteiger partial charge in [0.25, 0.3) is 0 Å². The van der Waals surface area contributed by atoms with Gasteiger partial charge < -0.3 is 0 Å². The summed E-state index contributed by atoms with van der Waals surface area (Å²) in [4.78, 5) is 9.95. The Morgan fingerprint density at radius 1 is 1.27 bits per heavy atom. The lowest BCUT2D eigenvalue weighted by Gasteiger charge is -2.18. The molecule has 1 fully saturated rings. The smallest absolute Gasteiger partial charge is 0.0772 e. The molecule has 1 heterocycles. The number of aryl methyl sites for hydroxylation is 1. The lowest BCUT2D eigenvalue weighted by Crippen LogP contribution is -2.02. The summed E-state index contributed by atoms with van der Waals surface area (Å²) in [7, 11) is 0. The first-order chi connectivity index (χ1) is 10.8. The van der Waals surface area contributed by atoms with Crippen molar-refractivity contribution in [3.05, 3.63) is 35.0 Å². The summed E-state index contributed by atoms with van der Waals surface area (Å²) in [5.74, 6) is 1.39. The number of benzene rings is 1. The summed E-state index contributed by atoms with van der Waals surface area (Å²) in [5.41, 5.74) is 6.48. The molecule has 0 spiro atoms. The van der Waals surface area contributed by atoms with E-state index in [-0.39, 0.29) is 0 Å². The number of aromatic nitrogens is 1. The Hall–Kier alpha value is -1.70. The van der Waals surface area contributed by atoms with Crippen LogP contribution in [0.3, 0.4) is 0 Å². The standard InChI is InChI=1S/C20H24N2/c1-3-4-5-10-21-20-16-11-13(2)6-9-17(16)22-19-15-8-7-14(12-15)18(19)20/h6,9-11,14-15H,3-5,7-8,12H2,1-2H3. The molecule has 2 nitrogen and oxygen atoms in total. The molecule has 1 aromatic carbocycles. The quantitative estimate of drug-likeness (QED) is 0.516. The lowest BCUT2D eigenvalue weighted by atomic mass is 9.92. The summed E-state index contributed by atoms with van der Waals surface area (Å²) >= 11 is 0. The first kappa shape index (κ1) is 13.9. The van der Waals surface area contributed by atoms with Crippen molar-refractivity contribution in [2.24, 2.45) is 4.99 Å². The largest absolute Gasteiger partial charge is 0.260 e. The van der Waals surface area contributed by atoms with Gasteiger partial charge in [0.05, 0.1) is 11.2 Å². The topological polar surface area (TPSA) is 25.2 Å². The van der Waals surface area contributed by atoms with Crippen molar-refractivity contribution < 1.29 is 0 Å². The molecule has 2 aliphatic carbocycles. The number of hydrogen-bond acceptors (Lipinski definition) is 2. The molecule has 2 atom stereocenters. The van der Waals surface area contributed by atoms with E-state index in [9.17, 15) is 0 Å². The van der Waals surface area contributed by atoms with Crippen LogP contribution in [0, 0.1) is 6.92 Å². The van der Waals surface area contributed by atoms with Gasteiger partial charge in [0.1, 0.15) is 0 Å². The second-order valence-corrected chi connectivity index (χ2v) is 6.94. The molecule has 4 rings (SSSR count). The Bertz CT molecular complexity index is 745. The fraction of sp³-hybridized carbons (Fsp3) is 0.500. The number of fused-ring (bicyclic) bond motifs is 6. The van der Waals surface area contributed by atoms with Crippen LogP contribution in [0.4, 0.5) is 5.69 Å². The SMILES string of the molecule is CCCCC=Nc1c2c(nc3ccc(C)cc13)C1CCC2C1. The Morgan fingerprint density at radius 2 is 2.14 bits per heavy atom. The molecule has 0 radical (unpaired) electrons. The minimum atomic E-state index is 0.690. The van der Waals surface area contributed by atoms with Crippen LogP contribution in [0.2, 0.25) is 0 Å². The predicted molar refractivity (Wildman–Crippen MR) is 93.5 cm³/mol. The maximum atomic E-state index is 5.01. The molecule has 0 amide bonds. The van der Waals surface area contributed by atoms with Crippen LogP contribution in [-0.4, -0.2) is 11.2 Å². The third-order valence-corrected chi connectivity index (χ3v) is 5.31. The molecular weight excluding hydrogens is 268 g/mol. The highest BCUT2D eigenvalue weighted by molar-refractivity contribution is 5.94. The van der Waals surface area contributed by atoms with Gasteiger partial charge in [-0.15, -0.1) is 0 Å². The minimum absolute atomic E-state index is 0.690. The maximum absolute atomic E-state index is 5.01. The van der Waals surface area contributed by atoms with Crippen molar-refractivity contribution in [3.63, 3.8) is 0 Å². The van der Waals surface area contributed by atoms with Gasteiger partial charge in [-0.1, -0.05) is 25.0 Å². The van der Waals surface area contributed by atoms with Gasteiger partial charge >= 0.3 is 0 Å². The molecule has 2 unspecified atom stereocenters. The van der Waals surface area contributed by atoms with Gasteiger partial charge in [0.15, 0.2) is 0 Å². The van der Waals surface area contributed by atoms with Crippen molar-refractivity contribution in [2.75, 3.05) is 0 Å². The summed E-state index contributed by atoms with van der Waals surface area (Å²) in [6.07, 6.45) is 9.61. The summed E-state index contributed by atoms with van der Waals surface area (Å²) in [5, 5.41) is 1.25. The lowest BCUT2D eigenvalue weighted by molar-refractivity contribution is 0.701. The summed E-state index contributed by atoms with van der Waals surface area (Å²) in [6, 6.07) is 6.60. The van der Waals surface area contributed by atoms with Crippen LogP contribution in [0.25, 0.3) is 10.9 Å². The molecule has 0 N–H and O–H groups in total. The van der Waals surface area contributed by atoms with Gasteiger partial charge in [-0.05, 0) is 57.1 Å². The van der Waals surface area contributed by atoms with Gasteiger partial charge in [-0.3, -0.25) is 9.98 Å². The van der Waals surface area contributed by atoms with Gasteiger partial charge in [-0.25, -0.2) is 0 Å². The molecular formula is C20H24N2. The molecule has 2 aliphatic rings. The average molecular weight is 292 g/mol. The Kier molecular flexibility index (Phi) is 3.48. The van der Waals surface area contributed by atoms with Crippen LogP contribution < -0.4 is 0 Å². The van der Waals surface area contributed by atoms with Crippen molar-refractivity contribution in [1.82, 2.24) is 4.98 Å². The van der Waals surface area contributed by atoms with E-state index < -0.39 is 0 Å². The van der Waals surface area contributed by atoms with Crippen LogP contribution in [0.15, 0.2) is 23.2 Å². The molecule has 0 aliphatic heterocycles. The van der Waals surface area contributed by atoms with Gasteiger partial charge in [-0.2, -0.15) is 0 Å². The highest BCUT2D eigenvalue weighted by Crippen LogP contribution is 2.56. The van der Waals surface area contributed by atoms with Crippen LogP contribution in [-0.2, 0) is 0 Å². The van der Waals surface area contributed by atoms with E-state index >= 15 is 0 Å². The van der Waals surface area contributed by atoms with E-state index in [1.165, 1.54) is 60.0 Å². The Morgan fingerprint density at radius 3 is 3.00 bits per heavy atom. The zero-order valence-corrected chi connectivity index (χ0v) is 13.6. The molecule has 114 valence electrons. The number of rotatable bonds is 4. The number of unbranched alkanes of at least 4 members (excludes halogenated alkanes) is 2. The number of hydrogen-bond donors (Lipinski definition) is 0. The van der Waals surface area contributed by atoms with E-state index in [1.807, 2.05) is 0 Å². The van der Waals surface area contributed by atoms with E-state index in [4.69, 9.17) is 9.98 Å². The van der Waals surface area contributed by atoms with E-state index in [0.717, 1.165) is 11.9 Å². The average Bonchev–Trinajstić information content (AvgIpc) is 3.12. The maximum Gasteiger partial charge on any atom is 0.0772 e. The third kappa shape index (κ3) is 2.16. The second-order valence-electron chi connectivity index (χ2n) is 6.94. The Labute approximate surface area is 132 Å². The van der Waals surface area contributed by atoms with Crippen LogP contribution >= 0.6 is 0 Å². The highest BCUT2D eigenvalue weighted by Gasteiger charge is 2.40. The van der Waals surface area contributed by atoms with Crippen molar-refractivity contribution in [3.8, 4) is 0 Å². The molecule has 2 heteroatoms. The van der Waals surface area contributed by atoms with Crippen molar-refractivity contribution in [2.45, 2.75) is 64.2 Å². The van der Waals surface area contributed by atoms with E-state index in [1.54, 1.807) is 0 Å². The molecule has 22 heavy (non-hydrogen) atoms. The zero-order valence-electron chi connectivity index (χ0n) is 13.6. The van der Waals surface area contributed by atoms with Crippen LogP contribution in [0.1, 0.15) is 74.1 Å². The summed E-state index contributed by atoms with van der Waals surface area (Å²) in [6.45, 7) is 4.39. The van der Waals surface area contributed by atoms with Gasteiger partial charge in [0.2, 0.25) is 0 Å². The molecule has 1 aromatic heterocycles. The fourth-order valence-electron chi connectivity index (χ4n) is 4.19. The highest BCUT2D eigenvalue weighted by atomic mass is 14.8. The molecule has 2 bridgehead atoms. The number of aliphatic imine (C=N–C) groups is 1. The second kappa shape index (κ2) is 5.49. The number of nitrogens with zero attached hydrogens (tertiary/aromatic N) is 2. The van der Waals surface area contributed by atoms with Gasteiger partial charge in [0, 0.05) is 28.8 Å².